The Morgan fingerprint density at radius 1 is 1.27 bits per heavy atom. The topological polar surface area (TPSA) is 23.5 Å². The molecule has 0 unspecified atom stereocenters. The number of hydrogen-bond donors (Lipinski definition) is 1. The van der Waals surface area contributed by atoms with E-state index in [0.29, 0.717) is 12.6 Å². The van der Waals surface area contributed by atoms with E-state index in [-0.39, 0.29) is 0 Å². The van der Waals surface area contributed by atoms with Crippen LogP contribution in [0.5, 0.6) is 0 Å². The van der Waals surface area contributed by atoms with Crippen molar-refractivity contribution in [1.29, 1.82) is 0 Å². The van der Waals surface area contributed by atoms with Gasteiger partial charge < -0.3 is 5.11 Å². The Morgan fingerprint density at radius 3 is 2.73 bits per heavy atom. The van der Waals surface area contributed by atoms with Crippen LogP contribution in [0.15, 0.2) is 0 Å². The van der Waals surface area contributed by atoms with Gasteiger partial charge in [-0.3, -0.25) is 4.90 Å². The quantitative estimate of drug-likeness (QED) is 0.653. The van der Waals surface area contributed by atoms with Gasteiger partial charge in [0, 0.05) is 12.6 Å². The van der Waals surface area contributed by atoms with Gasteiger partial charge in [0.2, 0.25) is 0 Å². The minimum atomic E-state index is 0.368. The van der Waals surface area contributed by atoms with Gasteiger partial charge in [0.25, 0.3) is 0 Å². The van der Waals surface area contributed by atoms with E-state index < -0.39 is 0 Å². The van der Waals surface area contributed by atoms with E-state index in [1.807, 2.05) is 0 Å². The van der Waals surface area contributed by atoms with Gasteiger partial charge in [-0.1, -0.05) is 0 Å². The first-order valence-corrected chi connectivity index (χ1v) is 4.75. The third-order valence-electron chi connectivity index (χ3n) is 2.90. The number of hydrogen-bond acceptors (Lipinski definition) is 2. The van der Waals surface area contributed by atoms with E-state index >= 15 is 0 Å². The molecule has 0 aromatic rings. The van der Waals surface area contributed by atoms with Crippen LogP contribution in [0.3, 0.4) is 0 Å². The van der Waals surface area contributed by atoms with Crippen molar-refractivity contribution in [2.24, 2.45) is 5.92 Å². The molecule has 11 heavy (non-hydrogen) atoms. The third kappa shape index (κ3) is 1.74. The fourth-order valence-electron chi connectivity index (χ4n) is 1.97. The summed E-state index contributed by atoms with van der Waals surface area (Å²) in [5.41, 5.74) is 0. The first kappa shape index (κ1) is 7.56. The molecule has 0 amide bonds. The standard InChI is InChI=1S/C9H17NO/c11-7-9-2-1-5-10(9)6-8-3-4-8/h8-9,11H,1-7H2/t9-/m0/s1. The van der Waals surface area contributed by atoms with Crippen molar-refractivity contribution in [2.45, 2.75) is 31.7 Å². The molecule has 0 spiro atoms. The Labute approximate surface area is 68.2 Å². The lowest BCUT2D eigenvalue weighted by molar-refractivity contribution is 0.154. The summed E-state index contributed by atoms with van der Waals surface area (Å²) in [5, 5.41) is 9.03. The highest BCUT2D eigenvalue weighted by Crippen LogP contribution is 2.32. The maximum Gasteiger partial charge on any atom is 0.0586 e. The van der Waals surface area contributed by atoms with Crippen LogP contribution < -0.4 is 0 Å². The number of likely N-dealkylation sites (tertiary alicyclic amines) is 1. The van der Waals surface area contributed by atoms with E-state index in [9.17, 15) is 0 Å². The van der Waals surface area contributed by atoms with Crippen LogP contribution in [0, 0.1) is 5.92 Å². The summed E-state index contributed by atoms with van der Waals surface area (Å²) in [6, 6.07) is 0.496. The average Bonchev–Trinajstić information content (AvgIpc) is 2.68. The molecule has 1 saturated heterocycles. The van der Waals surface area contributed by atoms with Crippen LogP contribution in [0.2, 0.25) is 0 Å². The second-order valence-corrected chi connectivity index (χ2v) is 3.92. The Balaban J connectivity index is 1.79. The fourth-order valence-corrected chi connectivity index (χ4v) is 1.97. The molecule has 1 heterocycles. The maximum atomic E-state index is 9.03. The van der Waals surface area contributed by atoms with Gasteiger partial charge in [-0.25, -0.2) is 0 Å². The molecule has 1 N–H and O–H groups in total. The molecule has 0 radical (unpaired) electrons. The molecular formula is C9H17NO. The summed E-state index contributed by atoms with van der Waals surface area (Å²) in [6.07, 6.45) is 5.35. The Bertz CT molecular complexity index is 134. The third-order valence-corrected chi connectivity index (χ3v) is 2.90. The van der Waals surface area contributed by atoms with Crippen LogP contribution in [0.25, 0.3) is 0 Å². The molecule has 0 aromatic carbocycles. The molecule has 1 atom stereocenters. The number of aliphatic hydroxyl groups is 1. The lowest BCUT2D eigenvalue weighted by atomic mass is 10.2. The highest BCUT2D eigenvalue weighted by Gasteiger charge is 2.30. The molecular weight excluding hydrogens is 138 g/mol. The monoisotopic (exact) mass is 155 g/mol. The van der Waals surface area contributed by atoms with Gasteiger partial charge in [-0.2, -0.15) is 0 Å². The number of nitrogens with zero attached hydrogens (tertiary/aromatic N) is 1. The van der Waals surface area contributed by atoms with Crippen LogP contribution in [0.4, 0.5) is 0 Å². The molecule has 1 aliphatic carbocycles. The summed E-state index contributed by atoms with van der Waals surface area (Å²) in [6.45, 7) is 2.85. The predicted octanol–water partition coefficient (Wildman–Crippen LogP) is 0.853. The second kappa shape index (κ2) is 3.11. The minimum Gasteiger partial charge on any atom is -0.395 e. The predicted molar refractivity (Wildman–Crippen MR) is 44.4 cm³/mol. The largest absolute Gasteiger partial charge is 0.395 e. The molecule has 2 nitrogen and oxygen atoms in total. The van der Waals surface area contributed by atoms with Crippen molar-refractivity contribution in [1.82, 2.24) is 4.90 Å². The number of aliphatic hydroxyl groups excluding tert-OH is 1. The first-order chi connectivity index (χ1) is 5.40. The van der Waals surface area contributed by atoms with E-state index in [2.05, 4.69) is 4.90 Å². The molecule has 1 aliphatic heterocycles. The highest BCUT2D eigenvalue weighted by atomic mass is 16.3. The van der Waals surface area contributed by atoms with E-state index in [0.717, 1.165) is 5.92 Å². The van der Waals surface area contributed by atoms with Crippen molar-refractivity contribution in [3.8, 4) is 0 Å². The van der Waals surface area contributed by atoms with Crippen molar-refractivity contribution in [2.75, 3.05) is 19.7 Å². The molecule has 0 bridgehead atoms. The molecule has 2 heteroatoms. The Hall–Kier alpha value is -0.0800. The SMILES string of the molecule is OC[C@@H]1CCCN1CC1CC1. The zero-order valence-electron chi connectivity index (χ0n) is 7.00. The van der Waals surface area contributed by atoms with Crippen molar-refractivity contribution >= 4 is 0 Å². The van der Waals surface area contributed by atoms with Gasteiger partial charge in [-0.15, -0.1) is 0 Å². The Kier molecular flexibility index (Phi) is 2.14. The van der Waals surface area contributed by atoms with E-state index in [4.69, 9.17) is 5.11 Å². The zero-order chi connectivity index (χ0) is 7.68. The van der Waals surface area contributed by atoms with Crippen LogP contribution in [0.1, 0.15) is 25.7 Å². The van der Waals surface area contributed by atoms with Crippen molar-refractivity contribution < 1.29 is 5.11 Å². The smallest absolute Gasteiger partial charge is 0.0586 e. The number of rotatable bonds is 3. The average molecular weight is 155 g/mol. The lowest BCUT2D eigenvalue weighted by Gasteiger charge is -2.21. The van der Waals surface area contributed by atoms with Gasteiger partial charge in [0.05, 0.1) is 6.61 Å². The zero-order valence-corrected chi connectivity index (χ0v) is 7.00. The summed E-state index contributed by atoms with van der Waals surface area (Å²) in [5.74, 6) is 0.974. The van der Waals surface area contributed by atoms with E-state index in [1.54, 1.807) is 0 Å². The van der Waals surface area contributed by atoms with Crippen LogP contribution in [-0.4, -0.2) is 35.7 Å². The van der Waals surface area contributed by atoms with E-state index in [1.165, 1.54) is 38.8 Å². The Morgan fingerprint density at radius 2 is 2.09 bits per heavy atom. The second-order valence-electron chi connectivity index (χ2n) is 3.92. The summed E-state index contributed by atoms with van der Waals surface area (Å²) >= 11 is 0. The molecule has 0 aromatic heterocycles. The minimum absolute atomic E-state index is 0.368. The van der Waals surface area contributed by atoms with Gasteiger partial charge in [0.15, 0.2) is 0 Å². The summed E-state index contributed by atoms with van der Waals surface area (Å²) < 4.78 is 0. The van der Waals surface area contributed by atoms with Gasteiger partial charge in [0.1, 0.15) is 0 Å². The van der Waals surface area contributed by atoms with Crippen LogP contribution in [-0.2, 0) is 0 Å². The van der Waals surface area contributed by atoms with Gasteiger partial charge >= 0.3 is 0 Å². The highest BCUT2D eigenvalue weighted by molar-refractivity contribution is 4.84. The van der Waals surface area contributed by atoms with Gasteiger partial charge in [-0.05, 0) is 38.1 Å². The van der Waals surface area contributed by atoms with Crippen LogP contribution >= 0.6 is 0 Å². The van der Waals surface area contributed by atoms with Crippen molar-refractivity contribution in [3.05, 3.63) is 0 Å². The van der Waals surface area contributed by atoms with Crippen molar-refractivity contribution in [3.63, 3.8) is 0 Å². The normalized spacial score (nSPS) is 33.0. The molecule has 2 aliphatic rings. The summed E-state index contributed by atoms with van der Waals surface area (Å²) in [4.78, 5) is 2.47. The summed E-state index contributed by atoms with van der Waals surface area (Å²) in [7, 11) is 0. The maximum absolute atomic E-state index is 9.03. The molecule has 2 rings (SSSR count). The first-order valence-electron chi connectivity index (χ1n) is 4.75. The lowest BCUT2D eigenvalue weighted by Crippen LogP contribution is -2.33. The fraction of sp³-hybridized carbons (Fsp3) is 1.00. The molecule has 1 saturated carbocycles. The molecule has 64 valence electrons. The molecule has 2 fully saturated rings.